The molecule has 0 aromatic rings. The lowest BCUT2D eigenvalue weighted by molar-refractivity contribution is -0.121. The normalized spacial score (nSPS) is 27.8. The number of hydrazine groups is 1. The molecular formula is C15H29N3O. The van der Waals surface area contributed by atoms with Crippen LogP contribution in [0.15, 0.2) is 0 Å². The maximum absolute atomic E-state index is 11.0. The van der Waals surface area contributed by atoms with Gasteiger partial charge in [-0.05, 0) is 57.5 Å². The quantitative estimate of drug-likeness (QED) is 0.336. The van der Waals surface area contributed by atoms with E-state index in [0.29, 0.717) is 6.42 Å². The number of nitrogens with zero attached hydrogens (tertiary/aromatic N) is 1. The van der Waals surface area contributed by atoms with E-state index in [2.05, 4.69) is 10.3 Å². The van der Waals surface area contributed by atoms with Crippen LogP contribution in [-0.2, 0) is 4.79 Å². The van der Waals surface area contributed by atoms with E-state index in [1.807, 2.05) is 0 Å². The van der Waals surface area contributed by atoms with E-state index in [-0.39, 0.29) is 5.91 Å². The van der Waals surface area contributed by atoms with Crippen LogP contribution in [0.25, 0.3) is 0 Å². The molecule has 0 radical (unpaired) electrons. The zero-order valence-corrected chi connectivity index (χ0v) is 12.1. The van der Waals surface area contributed by atoms with Crippen molar-refractivity contribution >= 4 is 5.91 Å². The van der Waals surface area contributed by atoms with Crippen molar-refractivity contribution in [2.24, 2.45) is 11.8 Å². The number of hydrogen-bond acceptors (Lipinski definition) is 3. The highest BCUT2D eigenvalue weighted by atomic mass is 16.2. The number of amides is 1. The molecule has 0 aromatic carbocycles. The second-order valence-electron chi connectivity index (χ2n) is 6.17. The van der Waals surface area contributed by atoms with E-state index in [1.165, 1.54) is 58.0 Å². The summed E-state index contributed by atoms with van der Waals surface area (Å²) >= 11 is 0. The molecule has 4 nitrogen and oxygen atoms in total. The Balaban J connectivity index is 1.63. The summed E-state index contributed by atoms with van der Waals surface area (Å²) in [7, 11) is 0. The Morgan fingerprint density at radius 2 is 1.89 bits per heavy atom. The Morgan fingerprint density at radius 1 is 1.11 bits per heavy atom. The van der Waals surface area contributed by atoms with Crippen molar-refractivity contribution in [3.8, 4) is 0 Å². The van der Waals surface area contributed by atoms with Gasteiger partial charge in [-0.1, -0.05) is 19.3 Å². The first-order valence-electron chi connectivity index (χ1n) is 8.05. The Kier molecular flexibility index (Phi) is 6.11. The molecule has 19 heavy (non-hydrogen) atoms. The lowest BCUT2D eigenvalue weighted by Crippen LogP contribution is -2.47. The van der Waals surface area contributed by atoms with Gasteiger partial charge in [-0.15, -0.1) is 0 Å². The fourth-order valence-electron chi connectivity index (χ4n) is 3.85. The van der Waals surface area contributed by atoms with Crippen LogP contribution < -0.4 is 11.3 Å². The molecule has 1 aliphatic heterocycles. The Morgan fingerprint density at radius 3 is 2.74 bits per heavy atom. The van der Waals surface area contributed by atoms with Gasteiger partial charge in [-0.25, -0.2) is 5.84 Å². The molecule has 1 amide bonds. The van der Waals surface area contributed by atoms with Gasteiger partial charge in [0, 0.05) is 12.5 Å². The third-order valence-electron chi connectivity index (χ3n) is 4.87. The van der Waals surface area contributed by atoms with Crippen molar-refractivity contribution in [2.45, 2.75) is 70.3 Å². The fourth-order valence-corrected chi connectivity index (χ4v) is 3.85. The van der Waals surface area contributed by atoms with Crippen molar-refractivity contribution < 1.29 is 4.79 Å². The van der Waals surface area contributed by atoms with Crippen LogP contribution in [0.1, 0.15) is 64.2 Å². The Bertz CT molecular complexity index is 281. The van der Waals surface area contributed by atoms with E-state index >= 15 is 0 Å². The van der Waals surface area contributed by atoms with Crippen molar-refractivity contribution in [2.75, 3.05) is 13.1 Å². The lowest BCUT2D eigenvalue weighted by atomic mass is 9.78. The molecule has 1 saturated carbocycles. The summed E-state index contributed by atoms with van der Waals surface area (Å²) in [6, 6.07) is 0.870. The minimum atomic E-state index is -0.0367. The van der Waals surface area contributed by atoms with E-state index in [1.54, 1.807) is 0 Å². The van der Waals surface area contributed by atoms with Gasteiger partial charge < -0.3 is 4.90 Å². The zero-order valence-electron chi connectivity index (χ0n) is 12.1. The molecule has 0 spiro atoms. The smallest absolute Gasteiger partial charge is 0.233 e. The second kappa shape index (κ2) is 7.85. The standard InChI is InChI=1S/C15H29N3O/c16-17-15(19)10-2-1-5-11-18-12-6-8-13-7-3-4-9-14(13)18/h13-14H,1-12,16H2,(H,17,19). The molecule has 0 bridgehead atoms. The highest BCUT2D eigenvalue weighted by Crippen LogP contribution is 2.35. The molecule has 2 fully saturated rings. The summed E-state index contributed by atoms with van der Waals surface area (Å²) in [5, 5.41) is 0. The molecule has 4 heteroatoms. The summed E-state index contributed by atoms with van der Waals surface area (Å²) in [5.41, 5.74) is 2.19. The van der Waals surface area contributed by atoms with Crippen LogP contribution in [0.2, 0.25) is 0 Å². The van der Waals surface area contributed by atoms with Crippen molar-refractivity contribution in [1.82, 2.24) is 10.3 Å². The number of rotatable bonds is 6. The van der Waals surface area contributed by atoms with E-state index < -0.39 is 0 Å². The monoisotopic (exact) mass is 267 g/mol. The largest absolute Gasteiger partial charge is 0.300 e. The van der Waals surface area contributed by atoms with Gasteiger partial charge in [-0.3, -0.25) is 10.2 Å². The topological polar surface area (TPSA) is 58.4 Å². The van der Waals surface area contributed by atoms with Crippen LogP contribution in [-0.4, -0.2) is 29.9 Å². The van der Waals surface area contributed by atoms with Crippen molar-refractivity contribution in [3.05, 3.63) is 0 Å². The zero-order chi connectivity index (χ0) is 13.5. The molecule has 3 N–H and O–H groups in total. The summed E-state index contributed by atoms with van der Waals surface area (Å²) in [6.07, 6.45) is 12.5. The van der Waals surface area contributed by atoms with Gasteiger partial charge >= 0.3 is 0 Å². The number of piperidine rings is 1. The van der Waals surface area contributed by atoms with Gasteiger partial charge in [0.15, 0.2) is 0 Å². The highest BCUT2D eigenvalue weighted by molar-refractivity contribution is 5.74. The van der Waals surface area contributed by atoms with Crippen molar-refractivity contribution in [1.29, 1.82) is 0 Å². The summed E-state index contributed by atoms with van der Waals surface area (Å²) in [5.74, 6) is 6.01. The third kappa shape index (κ3) is 4.46. The van der Waals surface area contributed by atoms with Crippen LogP contribution in [0, 0.1) is 5.92 Å². The highest BCUT2D eigenvalue weighted by Gasteiger charge is 2.32. The van der Waals surface area contributed by atoms with Gasteiger partial charge in [0.25, 0.3) is 0 Å². The van der Waals surface area contributed by atoms with E-state index in [0.717, 1.165) is 24.8 Å². The predicted octanol–water partition coefficient (Wildman–Crippen LogP) is 2.19. The van der Waals surface area contributed by atoms with Gasteiger partial charge in [0.1, 0.15) is 0 Å². The number of nitrogens with two attached hydrogens (primary N) is 1. The van der Waals surface area contributed by atoms with Crippen LogP contribution >= 0.6 is 0 Å². The van der Waals surface area contributed by atoms with E-state index in [4.69, 9.17) is 5.84 Å². The first-order chi connectivity index (χ1) is 9.31. The number of fused-ring (bicyclic) bond motifs is 1. The minimum absolute atomic E-state index is 0.0367. The average molecular weight is 267 g/mol. The number of carbonyl (C=O) groups is 1. The molecule has 2 rings (SSSR count). The average Bonchev–Trinajstić information content (AvgIpc) is 2.46. The second-order valence-corrected chi connectivity index (χ2v) is 6.17. The van der Waals surface area contributed by atoms with Crippen LogP contribution in [0.3, 0.4) is 0 Å². The van der Waals surface area contributed by atoms with Crippen molar-refractivity contribution in [3.63, 3.8) is 0 Å². The molecule has 2 aliphatic rings. The summed E-state index contributed by atoms with van der Waals surface area (Å²) in [4.78, 5) is 13.8. The summed E-state index contributed by atoms with van der Waals surface area (Å²) in [6.45, 7) is 2.52. The molecule has 1 aliphatic carbocycles. The maximum atomic E-state index is 11.0. The molecule has 0 aromatic heterocycles. The van der Waals surface area contributed by atoms with Crippen LogP contribution in [0.4, 0.5) is 0 Å². The molecule has 110 valence electrons. The molecule has 1 heterocycles. The molecular weight excluding hydrogens is 238 g/mol. The molecule has 1 saturated heterocycles. The Hall–Kier alpha value is -0.610. The summed E-state index contributed by atoms with van der Waals surface area (Å²) < 4.78 is 0. The van der Waals surface area contributed by atoms with Gasteiger partial charge in [0.05, 0.1) is 0 Å². The number of hydrogen-bond donors (Lipinski definition) is 2. The molecule has 2 unspecified atom stereocenters. The fraction of sp³-hybridized carbons (Fsp3) is 0.933. The SMILES string of the molecule is NNC(=O)CCCCCN1CCCC2CCCCC21. The predicted molar refractivity (Wildman–Crippen MR) is 77.4 cm³/mol. The first kappa shape index (κ1) is 14.8. The number of likely N-dealkylation sites (tertiary alicyclic amines) is 1. The van der Waals surface area contributed by atoms with Gasteiger partial charge in [-0.2, -0.15) is 0 Å². The Labute approximate surface area is 117 Å². The first-order valence-corrected chi connectivity index (χ1v) is 8.05. The number of unbranched alkanes of at least 4 members (excludes halogenated alkanes) is 2. The number of carbonyl (C=O) groups excluding carboxylic acids is 1. The number of nitrogens with one attached hydrogen (secondary N) is 1. The lowest BCUT2D eigenvalue weighted by Gasteiger charge is -2.44. The van der Waals surface area contributed by atoms with E-state index in [9.17, 15) is 4.79 Å². The third-order valence-corrected chi connectivity index (χ3v) is 4.87. The maximum Gasteiger partial charge on any atom is 0.233 e. The molecule has 2 atom stereocenters. The van der Waals surface area contributed by atoms with Crippen LogP contribution in [0.5, 0.6) is 0 Å². The minimum Gasteiger partial charge on any atom is -0.300 e. The van der Waals surface area contributed by atoms with Gasteiger partial charge in [0.2, 0.25) is 5.91 Å².